The molecule has 3 heterocycles. The second-order valence-corrected chi connectivity index (χ2v) is 10.8. The average molecular weight is 494 g/mol. The average Bonchev–Trinajstić information content (AvgIpc) is 3.44. The van der Waals surface area contributed by atoms with Crippen molar-refractivity contribution in [2.75, 3.05) is 19.7 Å². The SMILES string of the molecule is CC(C)(C)c1cn(C[C@H]2CCCO2)c(=NC(=O)c2cc(C(F)(F)F)ccc2C2=CCNCC2)s1. The lowest BCUT2D eigenvalue weighted by molar-refractivity contribution is -0.137. The van der Waals surface area contributed by atoms with Gasteiger partial charge in [-0.05, 0) is 54.5 Å². The summed E-state index contributed by atoms with van der Waals surface area (Å²) in [4.78, 5) is 19.3. The molecule has 2 aliphatic heterocycles. The maximum atomic E-state index is 13.5. The molecule has 1 amide bonds. The number of aromatic nitrogens is 1. The molecule has 2 aromatic rings. The summed E-state index contributed by atoms with van der Waals surface area (Å²) in [5, 5.41) is 3.19. The number of rotatable bonds is 4. The van der Waals surface area contributed by atoms with Crippen LogP contribution in [0.15, 0.2) is 35.5 Å². The Labute approximate surface area is 201 Å². The van der Waals surface area contributed by atoms with Crippen LogP contribution in [0.25, 0.3) is 5.57 Å². The normalized spacial score (nSPS) is 20.0. The molecule has 0 bridgehead atoms. The number of nitrogens with zero attached hydrogens (tertiary/aromatic N) is 2. The molecule has 0 spiro atoms. The Kier molecular flexibility index (Phi) is 7.17. The van der Waals surface area contributed by atoms with Crippen LogP contribution in [-0.4, -0.2) is 36.3 Å². The number of thiazole rings is 1. The van der Waals surface area contributed by atoms with Gasteiger partial charge in [-0.15, -0.1) is 11.3 Å². The summed E-state index contributed by atoms with van der Waals surface area (Å²) in [5.74, 6) is -0.663. The number of carbonyl (C=O) groups is 1. The summed E-state index contributed by atoms with van der Waals surface area (Å²) >= 11 is 1.40. The van der Waals surface area contributed by atoms with Crippen LogP contribution in [0, 0.1) is 0 Å². The van der Waals surface area contributed by atoms with E-state index in [1.807, 2.05) is 16.8 Å². The highest BCUT2D eigenvalue weighted by Gasteiger charge is 2.32. The molecule has 1 aromatic carbocycles. The van der Waals surface area contributed by atoms with Crippen LogP contribution in [-0.2, 0) is 22.9 Å². The van der Waals surface area contributed by atoms with E-state index in [-0.39, 0.29) is 17.1 Å². The second-order valence-electron chi connectivity index (χ2n) is 9.77. The minimum Gasteiger partial charge on any atom is -0.376 e. The van der Waals surface area contributed by atoms with E-state index in [1.54, 1.807) is 0 Å². The zero-order valence-electron chi connectivity index (χ0n) is 19.7. The first-order chi connectivity index (χ1) is 16.0. The number of carbonyl (C=O) groups excluding carboxylic acids is 1. The molecule has 1 atom stereocenters. The fraction of sp³-hybridized carbons (Fsp3) is 0.520. The van der Waals surface area contributed by atoms with E-state index in [4.69, 9.17) is 4.74 Å². The molecule has 9 heteroatoms. The maximum absolute atomic E-state index is 13.5. The van der Waals surface area contributed by atoms with Gasteiger partial charge in [0.1, 0.15) is 0 Å². The summed E-state index contributed by atoms with van der Waals surface area (Å²) in [6.07, 6.45) is 1.96. The highest BCUT2D eigenvalue weighted by Crippen LogP contribution is 2.33. The third-order valence-corrected chi connectivity index (χ3v) is 7.51. The summed E-state index contributed by atoms with van der Waals surface area (Å²) in [6.45, 7) is 8.83. The molecular weight excluding hydrogens is 463 g/mol. The van der Waals surface area contributed by atoms with Crippen LogP contribution < -0.4 is 10.1 Å². The number of alkyl halides is 3. The lowest BCUT2D eigenvalue weighted by Crippen LogP contribution is -2.24. The Hall–Kier alpha value is -2.23. The van der Waals surface area contributed by atoms with Gasteiger partial charge in [-0.1, -0.05) is 32.9 Å². The smallest absolute Gasteiger partial charge is 0.376 e. The molecule has 1 N–H and O–H groups in total. The van der Waals surface area contributed by atoms with Crippen molar-refractivity contribution in [3.8, 4) is 0 Å². The minimum absolute atomic E-state index is 0.0163. The van der Waals surface area contributed by atoms with Gasteiger partial charge in [0, 0.05) is 29.8 Å². The van der Waals surface area contributed by atoms with E-state index in [0.717, 1.165) is 35.4 Å². The number of nitrogens with one attached hydrogen (secondary N) is 1. The molecule has 0 saturated carbocycles. The molecule has 1 aromatic heterocycles. The van der Waals surface area contributed by atoms with Gasteiger partial charge in [0.05, 0.1) is 18.2 Å². The molecule has 184 valence electrons. The highest BCUT2D eigenvalue weighted by atomic mass is 32.1. The number of hydrogen-bond acceptors (Lipinski definition) is 4. The number of halogens is 3. The Bertz CT molecular complexity index is 1150. The topological polar surface area (TPSA) is 55.6 Å². The van der Waals surface area contributed by atoms with E-state index in [1.165, 1.54) is 17.4 Å². The van der Waals surface area contributed by atoms with Crippen molar-refractivity contribution in [3.05, 3.63) is 56.8 Å². The van der Waals surface area contributed by atoms with Gasteiger partial charge in [0.15, 0.2) is 4.80 Å². The van der Waals surface area contributed by atoms with E-state index < -0.39 is 17.6 Å². The van der Waals surface area contributed by atoms with Gasteiger partial charge in [-0.3, -0.25) is 4.79 Å². The van der Waals surface area contributed by atoms with Crippen LogP contribution in [0.4, 0.5) is 13.2 Å². The van der Waals surface area contributed by atoms with Crippen LogP contribution in [0.1, 0.15) is 66.4 Å². The molecular formula is C25H30F3N3O2S. The molecule has 4 rings (SSSR count). The number of benzene rings is 1. The molecule has 2 aliphatic rings. The predicted molar refractivity (Wildman–Crippen MR) is 127 cm³/mol. The Morgan fingerprint density at radius 2 is 2.09 bits per heavy atom. The third-order valence-electron chi connectivity index (χ3n) is 6.07. The molecule has 5 nitrogen and oxygen atoms in total. The van der Waals surface area contributed by atoms with E-state index in [0.29, 0.717) is 43.0 Å². The summed E-state index contributed by atoms with van der Waals surface area (Å²) < 4.78 is 48.1. The second kappa shape index (κ2) is 9.79. The van der Waals surface area contributed by atoms with Gasteiger partial charge in [-0.2, -0.15) is 18.2 Å². The van der Waals surface area contributed by atoms with Crippen LogP contribution in [0.5, 0.6) is 0 Å². The van der Waals surface area contributed by atoms with Crippen molar-refractivity contribution in [2.24, 2.45) is 4.99 Å². The van der Waals surface area contributed by atoms with E-state index >= 15 is 0 Å². The fourth-order valence-electron chi connectivity index (χ4n) is 4.14. The van der Waals surface area contributed by atoms with Gasteiger partial charge >= 0.3 is 6.18 Å². The van der Waals surface area contributed by atoms with Crippen molar-refractivity contribution in [2.45, 2.75) is 64.3 Å². The van der Waals surface area contributed by atoms with Crippen LogP contribution in [0.2, 0.25) is 0 Å². The van der Waals surface area contributed by atoms with Crippen molar-refractivity contribution >= 4 is 22.8 Å². The van der Waals surface area contributed by atoms with Gasteiger partial charge < -0.3 is 14.6 Å². The first-order valence-electron chi connectivity index (χ1n) is 11.5. The highest BCUT2D eigenvalue weighted by molar-refractivity contribution is 7.09. The monoisotopic (exact) mass is 493 g/mol. The van der Waals surface area contributed by atoms with E-state index in [2.05, 4.69) is 31.1 Å². The zero-order valence-corrected chi connectivity index (χ0v) is 20.5. The lowest BCUT2D eigenvalue weighted by Gasteiger charge is -2.18. The largest absolute Gasteiger partial charge is 0.416 e. The molecule has 1 fully saturated rings. The molecule has 34 heavy (non-hydrogen) atoms. The van der Waals surface area contributed by atoms with Gasteiger partial charge in [0.25, 0.3) is 5.91 Å². The first kappa shape index (κ1) is 24.9. The first-order valence-corrected chi connectivity index (χ1v) is 12.4. The Balaban J connectivity index is 1.79. The van der Waals surface area contributed by atoms with Gasteiger partial charge in [0.2, 0.25) is 0 Å². The Morgan fingerprint density at radius 3 is 2.71 bits per heavy atom. The van der Waals surface area contributed by atoms with Crippen LogP contribution in [0.3, 0.4) is 0 Å². The zero-order chi connectivity index (χ0) is 24.5. The predicted octanol–water partition coefficient (Wildman–Crippen LogP) is 5.16. The number of amides is 1. The number of hydrogen-bond donors (Lipinski definition) is 1. The van der Waals surface area contributed by atoms with Crippen molar-refractivity contribution < 1.29 is 22.7 Å². The quantitative estimate of drug-likeness (QED) is 0.640. The van der Waals surface area contributed by atoms with Gasteiger partial charge in [-0.25, -0.2) is 0 Å². The fourth-order valence-corrected chi connectivity index (χ4v) is 5.20. The number of ether oxygens (including phenoxy) is 1. The molecule has 1 saturated heterocycles. The van der Waals surface area contributed by atoms with Crippen molar-refractivity contribution in [1.29, 1.82) is 0 Å². The lowest BCUT2D eigenvalue weighted by atomic mass is 9.93. The van der Waals surface area contributed by atoms with Crippen molar-refractivity contribution in [1.82, 2.24) is 9.88 Å². The molecule has 0 aliphatic carbocycles. The third kappa shape index (κ3) is 5.70. The van der Waals surface area contributed by atoms with Crippen LogP contribution >= 0.6 is 11.3 Å². The van der Waals surface area contributed by atoms with Crippen molar-refractivity contribution in [3.63, 3.8) is 0 Å². The maximum Gasteiger partial charge on any atom is 0.416 e. The summed E-state index contributed by atoms with van der Waals surface area (Å²) in [6, 6.07) is 3.38. The minimum atomic E-state index is -4.54. The standard InChI is InChI=1S/C25H30F3N3O2S/c1-24(2,3)21-15-31(14-18-5-4-12-33-18)23(34-21)30-22(32)20-13-17(25(26,27)28)6-7-19(20)16-8-10-29-11-9-16/h6-8,13,15,18,29H,4-5,9-12,14H2,1-3H3/t18-/m1/s1. The van der Waals surface area contributed by atoms with E-state index in [9.17, 15) is 18.0 Å². The molecule has 0 unspecified atom stereocenters. The summed E-state index contributed by atoms with van der Waals surface area (Å²) in [5.41, 5.74) is 0.359. The Morgan fingerprint density at radius 1 is 1.29 bits per heavy atom. The summed E-state index contributed by atoms with van der Waals surface area (Å²) in [7, 11) is 0. The molecule has 0 radical (unpaired) electrons.